The van der Waals surface area contributed by atoms with Crippen molar-refractivity contribution in [3.05, 3.63) is 71.7 Å². The van der Waals surface area contributed by atoms with Gasteiger partial charge in [0, 0.05) is 24.9 Å². The lowest BCUT2D eigenvalue weighted by atomic mass is 9.95. The standard InChI is InChI=1S/C23H24N4O3S/c1-15-19(22-25-21(26-30-22)17-9-11-18(29-3)12-10-17)20(16-7-5-4-6-8-16)24-23(31)27(15)13-14-28-2/h4-12,20H,13-14H2,1-3H3,(H,24,31). The molecule has 1 aromatic heterocycles. The molecule has 0 saturated carbocycles. The summed E-state index contributed by atoms with van der Waals surface area (Å²) < 4.78 is 16.2. The number of hydrogen-bond acceptors (Lipinski definition) is 6. The van der Waals surface area contributed by atoms with Crippen LogP contribution in [0.2, 0.25) is 0 Å². The van der Waals surface area contributed by atoms with E-state index in [-0.39, 0.29) is 6.04 Å². The molecule has 0 radical (unpaired) electrons. The Kier molecular flexibility index (Phi) is 6.29. The summed E-state index contributed by atoms with van der Waals surface area (Å²) in [4.78, 5) is 6.71. The lowest BCUT2D eigenvalue weighted by molar-refractivity contribution is 0.183. The molecule has 0 fully saturated rings. The van der Waals surface area contributed by atoms with Crippen molar-refractivity contribution >= 4 is 22.9 Å². The van der Waals surface area contributed by atoms with Gasteiger partial charge in [-0.25, -0.2) is 0 Å². The number of nitrogens with one attached hydrogen (secondary N) is 1. The smallest absolute Gasteiger partial charge is 0.258 e. The minimum absolute atomic E-state index is 0.198. The highest BCUT2D eigenvalue weighted by Crippen LogP contribution is 2.37. The highest BCUT2D eigenvalue weighted by molar-refractivity contribution is 7.80. The third-order valence-electron chi connectivity index (χ3n) is 5.25. The van der Waals surface area contributed by atoms with E-state index in [1.54, 1.807) is 14.2 Å². The molecule has 0 bridgehead atoms. The summed E-state index contributed by atoms with van der Waals surface area (Å²) in [6, 6.07) is 17.5. The minimum Gasteiger partial charge on any atom is -0.497 e. The summed E-state index contributed by atoms with van der Waals surface area (Å²) in [7, 11) is 3.31. The third-order valence-corrected chi connectivity index (χ3v) is 5.59. The third kappa shape index (κ3) is 4.30. The number of ether oxygens (including phenoxy) is 2. The normalized spacial score (nSPS) is 16.4. The zero-order valence-corrected chi connectivity index (χ0v) is 18.5. The van der Waals surface area contributed by atoms with Crippen LogP contribution in [-0.4, -0.2) is 47.5 Å². The Bertz CT molecular complexity index is 1080. The van der Waals surface area contributed by atoms with E-state index in [0.717, 1.165) is 28.1 Å². The molecule has 1 aliphatic rings. The van der Waals surface area contributed by atoms with Crippen LogP contribution in [0.15, 0.2) is 64.8 Å². The highest BCUT2D eigenvalue weighted by Gasteiger charge is 2.33. The van der Waals surface area contributed by atoms with E-state index >= 15 is 0 Å². The number of rotatable bonds is 7. The van der Waals surface area contributed by atoms with Crippen LogP contribution in [0.25, 0.3) is 17.0 Å². The molecular weight excluding hydrogens is 412 g/mol. The van der Waals surface area contributed by atoms with Crippen molar-refractivity contribution in [1.82, 2.24) is 20.4 Å². The molecule has 1 atom stereocenters. The molecule has 31 heavy (non-hydrogen) atoms. The van der Waals surface area contributed by atoms with Crippen LogP contribution in [0.5, 0.6) is 5.75 Å². The van der Waals surface area contributed by atoms with Gasteiger partial charge in [-0.2, -0.15) is 4.98 Å². The molecule has 4 rings (SSSR count). The molecule has 1 aliphatic heterocycles. The summed E-state index contributed by atoms with van der Waals surface area (Å²) in [6.07, 6.45) is 0. The first-order valence-corrected chi connectivity index (χ1v) is 10.3. The summed E-state index contributed by atoms with van der Waals surface area (Å²) in [5, 5.41) is 8.30. The molecule has 2 aromatic carbocycles. The molecular formula is C23H24N4O3S. The van der Waals surface area contributed by atoms with Gasteiger partial charge in [0.05, 0.1) is 25.3 Å². The van der Waals surface area contributed by atoms with Gasteiger partial charge in [0.2, 0.25) is 5.82 Å². The zero-order valence-electron chi connectivity index (χ0n) is 17.7. The fraction of sp³-hybridized carbons (Fsp3) is 0.261. The van der Waals surface area contributed by atoms with Crippen molar-refractivity contribution < 1.29 is 14.0 Å². The summed E-state index contributed by atoms with van der Waals surface area (Å²) in [6.45, 7) is 3.19. The van der Waals surface area contributed by atoms with Crippen LogP contribution in [0.4, 0.5) is 0 Å². The van der Waals surface area contributed by atoms with Crippen LogP contribution < -0.4 is 10.1 Å². The first-order valence-electron chi connectivity index (χ1n) is 9.93. The van der Waals surface area contributed by atoms with Crippen LogP contribution >= 0.6 is 12.2 Å². The zero-order chi connectivity index (χ0) is 21.8. The Labute approximate surface area is 186 Å². The molecule has 7 nitrogen and oxygen atoms in total. The second-order valence-corrected chi connectivity index (χ2v) is 7.48. The van der Waals surface area contributed by atoms with E-state index < -0.39 is 0 Å². The topological polar surface area (TPSA) is 72.7 Å². The Balaban J connectivity index is 1.76. The quantitative estimate of drug-likeness (QED) is 0.556. The number of nitrogens with zero attached hydrogens (tertiary/aromatic N) is 3. The van der Waals surface area contributed by atoms with Gasteiger partial charge in [-0.05, 0) is 49.0 Å². The van der Waals surface area contributed by atoms with Crippen LogP contribution in [0.3, 0.4) is 0 Å². The second-order valence-electron chi connectivity index (χ2n) is 7.09. The van der Waals surface area contributed by atoms with Gasteiger partial charge in [0.1, 0.15) is 5.75 Å². The Morgan fingerprint density at radius 2 is 1.84 bits per heavy atom. The van der Waals surface area contributed by atoms with Crippen molar-refractivity contribution in [2.75, 3.05) is 27.4 Å². The van der Waals surface area contributed by atoms with Crippen molar-refractivity contribution in [2.45, 2.75) is 13.0 Å². The Morgan fingerprint density at radius 1 is 1.10 bits per heavy atom. The number of methoxy groups -OCH3 is 2. The Hall–Kier alpha value is -3.23. The molecule has 160 valence electrons. The summed E-state index contributed by atoms with van der Waals surface area (Å²) in [5.74, 6) is 1.74. The molecule has 0 aliphatic carbocycles. The number of thiocarbonyl (C=S) groups is 1. The molecule has 0 saturated heterocycles. The number of benzene rings is 2. The van der Waals surface area contributed by atoms with Crippen molar-refractivity contribution in [3.8, 4) is 17.1 Å². The van der Waals surface area contributed by atoms with E-state index in [1.807, 2.05) is 54.3 Å². The number of allylic oxidation sites excluding steroid dienone is 1. The molecule has 1 N–H and O–H groups in total. The predicted octanol–water partition coefficient (Wildman–Crippen LogP) is 4.05. The van der Waals surface area contributed by atoms with Gasteiger partial charge in [-0.3, -0.25) is 0 Å². The van der Waals surface area contributed by atoms with Crippen LogP contribution in [0, 0.1) is 0 Å². The maximum Gasteiger partial charge on any atom is 0.258 e. The number of aromatic nitrogens is 2. The maximum atomic E-state index is 5.73. The van der Waals surface area contributed by atoms with Gasteiger partial charge < -0.3 is 24.2 Å². The van der Waals surface area contributed by atoms with Gasteiger partial charge in [-0.15, -0.1) is 0 Å². The molecule has 0 amide bonds. The monoisotopic (exact) mass is 436 g/mol. The lowest BCUT2D eigenvalue weighted by Gasteiger charge is -2.37. The Morgan fingerprint density at radius 3 is 2.52 bits per heavy atom. The van der Waals surface area contributed by atoms with E-state index in [2.05, 4.69) is 22.6 Å². The van der Waals surface area contributed by atoms with E-state index in [0.29, 0.717) is 30.0 Å². The molecule has 0 spiro atoms. The average Bonchev–Trinajstić information content (AvgIpc) is 3.29. The first kappa shape index (κ1) is 21.0. The van der Waals surface area contributed by atoms with Crippen molar-refractivity contribution in [1.29, 1.82) is 0 Å². The highest BCUT2D eigenvalue weighted by atomic mass is 32.1. The van der Waals surface area contributed by atoms with Crippen LogP contribution in [0.1, 0.15) is 24.4 Å². The SMILES string of the molecule is COCCN1C(=S)NC(c2ccccc2)C(c2nc(-c3ccc(OC)cc3)no2)=C1C. The maximum absolute atomic E-state index is 5.73. The van der Waals surface area contributed by atoms with E-state index in [4.69, 9.17) is 31.2 Å². The fourth-order valence-electron chi connectivity index (χ4n) is 3.60. The second kappa shape index (κ2) is 9.28. The fourth-order valence-corrected chi connectivity index (χ4v) is 3.94. The van der Waals surface area contributed by atoms with Gasteiger partial charge in [-0.1, -0.05) is 35.5 Å². The van der Waals surface area contributed by atoms with Gasteiger partial charge in [0.25, 0.3) is 5.89 Å². The summed E-state index contributed by atoms with van der Waals surface area (Å²) in [5.41, 5.74) is 3.76. The minimum atomic E-state index is -0.198. The lowest BCUT2D eigenvalue weighted by Crippen LogP contribution is -2.47. The first-order chi connectivity index (χ1) is 15.1. The van der Waals surface area contributed by atoms with E-state index in [1.165, 1.54) is 0 Å². The van der Waals surface area contributed by atoms with Gasteiger partial charge in [0.15, 0.2) is 5.11 Å². The molecule has 2 heterocycles. The van der Waals surface area contributed by atoms with Crippen molar-refractivity contribution in [2.24, 2.45) is 0 Å². The summed E-state index contributed by atoms with van der Waals surface area (Å²) >= 11 is 5.65. The molecule has 3 aromatic rings. The molecule has 1 unspecified atom stereocenters. The predicted molar refractivity (Wildman–Crippen MR) is 122 cm³/mol. The molecule has 8 heteroatoms. The van der Waals surface area contributed by atoms with Crippen molar-refractivity contribution in [3.63, 3.8) is 0 Å². The number of hydrogen-bond donors (Lipinski definition) is 1. The average molecular weight is 437 g/mol. The largest absolute Gasteiger partial charge is 0.497 e. The van der Waals surface area contributed by atoms with E-state index in [9.17, 15) is 0 Å². The van der Waals surface area contributed by atoms with Crippen LogP contribution in [-0.2, 0) is 4.74 Å². The van der Waals surface area contributed by atoms with Gasteiger partial charge >= 0.3 is 0 Å².